The van der Waals surface area contributed by atoms with Gasteiger partial charge >= 0.3 is 6.09 Å². The van der Waals surface area contributed by atoms with E-state index >= 15 is 0 Å². The summed E-state index contributed by atoms with van der Waals surface area (Å²) in [5.74, 6) is 0. The monoisotopic (exact) mass is 232 g/mol. The lowest BCUT2D eigenvalue weighted by atomic mass is 10.1. The summed E-state index contributed by atoms with van der Waals surface area (Å²) in [4.78, 5) is 12.9. The summed E-state index contributed by atoms with van der Waals surface area (Å²) in [6.07, 6.45) is 3.58. The van der Waals surface area contributed by atoms with Gasteiger partial charge in [0.1, 0.15) is 6.61 Å². The van der Waals surface area contributed by atoms with Crippen molar-refractivity contribution in [2.24, 2.45) is 0 Å². The number of alkyl carbamates (subject to hydrolysis) is 1. The molecule has 0 aliphatic carbocycles. The third-order valence-electron chi connectivity index (χ3n) is 2.63. The number of nitrogens with one attached hydrogen (secondary N) is 1. The van der Waals surface area contributed by atoms with Crippen LogP contribution in [0, 0.1) is 0 Å². The first-order valence-corrected chi connectivity index (χ1v) is 5.54. The van der Waals surface area contributed by atoms with Gasteiger partial charge in [-0.05, 0) is 17.7 Å². The van der Waals surface area contributed by atoms with E-state index in [1.807, 2.05) is 38.4 Å². The second-order valence-electron chi connectivity index (χ2n) is 4.19. The Balaban J connectivity index is 1.99. The molecule has 1 heterocycles. The lowest BCUT2D eigenvalue weighted by molar-refractivity contribution is 0.177. The van der Waals surface area contributed by atoms with Crippen molar-refractivity contribution < 1.29 is 9.53 Å². The van der Waals surface area contributed by atoms with Crippen molar-refractivity contribution in [2.45, 2.75) is 6.04 Å². The van der Waals surface area contributed by atoms with E-state index in [1.165, 1.54) is 5.69 Å². The van der Waals surface area contributed by atoms with Gasteiger partial charge in [0.15, 0.2) is 0 Å². The molecule has 17 heavy (non-hydrogen) atoms. The zero-order chi connectivity index (χ0) is 12.3. The van der Waals surface area contributed by atoms with Crippen LogP contribution in [0.25, 0.3) is 6.08 Å². The smallest absolute Gasteiger partial charge is 0.407 e. The van der Waals surface area contributed by atoms with Gasteiger partial charge < -0.3 is 15.0 Å². The molecule has 1 aromatic carbocycles. The summed E-state index contributed by atoms with van der Waals surface area (Å²) in [5.41, 5.74) is 2.27. The van der Waals surface area contributed by atoms with Crippen LogP contribution < -0.4 is 10.2 Å². The van der Waals surface area contributed by atoms with E-state index in [-0.39, 0.29) is 12.1 Å². The average molecular weight is 232 g/mol. The van der Waals surface area contributed by atoms with Crippen LogP contribution in [-0.2, 0) is 4.74 Å². The summed E-state index contributed by atoms with van der Waals surface area (Å²) in [5, 5.41) is 2.70. The zero-order valence-corrected chi connectivity index (χ0v) is 10.0. The minimum atomic E-state index is -0.345. The van der Waals surface area contributed by atoms with Gasteiger partial charge in [-0.2, -0.15) is 0 Å². The van der Waals surface area contributed by atoms with Gasteiger partial charge in [0.05, 0.1) is 6.04 Å². The number of ether oxygens (including phenoxy) is 1. The van der Waals surface area contributed by atoms with Crippen LogP contribution in [0.1, 0.15) is 5.56 Å². The van der Waals surface area contributed by atoms with Crippen LogP contribution in [-0.4, -0.2) is 32.8 Å². The predicted octanol–water partition coefficient (Wildman–Crippen LogP) is 1.87. The first-order valence-electron chi connectivity index (χ1n) is 5.54. The van der Waals surface area contributed by atoms with Crippen molar-refractivity contribution in [3.63, 3.8) is 0 Å². The van der Waals surface area contributed by atoms with Gasteiger partial charge in [0, 0.05) is 19.8 Å². The van der Waals surface area contributed by atoms with Crippen molar-refractivity contribution >= 4 is 17.9 Å². The maximum absolute atomic E-state index is 10.8. The SMILES string of the molecule is CN(C)c1ccc(/C=C/[C@H]2COC(=O)N2)cc1. The fraction of sp³-hybridized carbons (Fsp3) is 0.308. The number of carbonyl (C=O) groups is 1. The fourth-order valence-electron chi connectivity index (χ4n) is 1.61. The Labute approximate surface area is 101 Å². The quantitative estimate of drug-likeness (QED) is 0.865. The molecule has 1 amide bonds. The maximum Gasteiger partial charge on any atom is 0.407 e. The van der Waals surface area contributed by atoms with Gasteiger partial charge in [0.25, 0.3) is 0 Å². The highest BCUT2D eigenvalue weighted by atomic mass is 16.6. The third-order valence-corrected chi connectivity index (χ3v) is 2.63. The van der Waals surface area contributed by atoms with E-state index in [4.69, 9.17) is 4.74 Å². The highest BCUT2D eigenvalue weighted by Gasteiger charge is 2.18. The van der Waals surface area contributed by atoms with Crippen molar-refractivity contribution in [1.82, 2.24) is 5.32 Å². The number of amides is 1. The molecule has 1 aliphatic heterocycles. The highest BCUT2D eigenvalue weighted by Crippen LogP contribution is 2.13. The molecule has 1 fully saturated rings. The Kier molecular flexibility index (Phi) is 3.32. The maximum atomic E-state index is 10.8. The van der Waals surface area contributed by atoms with Crippen LogP contribution in [0.4, 0.5) is 10.5 Å². The summed E-state index contributed by atoms with van der Waals surface area (Å²) >= 11 is 0. The molecule has 2 rings (SSSR count). The van der Waals surface area contributed by atoms with E-state index in [9.17, 15) is 4.79 Å². The molecule has 1 atom stereocenters. The van der Waals surface area contributed by atoms with Gasteiger partial charge in [-0.3, -0.25) is 0 Å². The summed E-state index contributed by atoms with van der Waals surface area (Å²) in [6, 6.07) is 8.19. The molecular formula is C13H16N2O2. The number of carbonyl (C=O) groups excluding carboxylic acids is 1. The third kappa shape index (κ3) is 3.00. The molecule has 0 saturated carbocycles. The molecule has 1 N–H and O–H groups in total. The van der Waals surface area contributed by atoms with Gasteiger partial charge in [-0.1, -0.05) is 24.3 Å². The lowest BCUT2D eigenvalue weighted by Crippen LogP contribution is -2.23. The van der Waals surface area contributed by atoms with Crippen LogP contribution in [0.2, 0.25) is 0 Å². The molecule has 4 nitrogen and oxygen atoms in total. The van der Waals surface area contributed by atoms with Gasteiger partial charge in [0.2, 0.25) is 0 Å². The second kappa shape index (κ2) is 4.91. The summed E-state index contributed by atoms with van der Waals surface area (Å²) in [6.45, 7) is 0.408. The van der Waals surface area contributed by atoms with Crippen molar-refractivity contribution in [2.75, 3.05) is 25.6 Å². The Morgan fingerprint density at radius 2 is 2.06 bits per heavy atom. The Morgan fingerprint density at radius 1 is 1.35 bits per heavy atom. The number of anilines is 1. The molecule has 0 unspecified atom stereocenters. The molecule has 4 heteroatoms. The fourth-order valence-corrected chi connectivity index (χ4v) is 1.61. The zero-order valence-electron chi connectivity index (χ0n) is 10.0. The molecule has 0 spiro atoms. The molecule has 0 aromatic heterocycles. The molecule has 1 aliphatic rings. The molecule has 1 saturated heterocycles. The van der Waals surface area contributed by atoms with Crippen LogP contribution in [0.15, 0.2) is 30.3 Å². The predicted molar refractivity (Wildman–Crippen MR) is 68.1 cm³/mol. The number of nitrogens with zero attached hydrogens (tertiary/aromatic N) is 1. The molecule has 0 bridgehead atoms. The lowest BCUT2D eigenvalue weighted by Gasteiger charge is -2.11. The number of benzene rings is 1. The number of hydrogen-bond donors (Lipinski definition) is 1. The second-order valence-corrected chi connectivity index (χ2v) is 4.19. The average Bonchev–Trinajstić information content (AvgIpc) is 2.73. The van der Waals surface area contributed by atoms with E-state index < -0.39 is 0 Å². The number of rotatable bonds is 3. The Hall–Kier alpha value is -1.97. The summed E-state index contributed by atoms with van der Waals surface area (Å²) in [7, 11) is 4.02. The largest absolute Gasteiger partial charge is 0.447 e. The van der Waals surface area contributed by atoms with Gasteiger partial charge in [-0.15, -0.1) is 0 Å². The Morgan fingerprint density at radius 3 is 2.59 bits per heavy atom. The highest BCUT2D eigenvalue weighted by molar-refractivity contribution is 5.70. The number of hydrogen-bond acceptors (Lipinski definition) is 3. The van der Waals surface area contributed by atoms with Crippen LogP contribution in [0.3, 0.4) is 0 Å². The molecule has 0 radical (unpaired) electrons. The van der Waals surface area contributed by atoms with Crippen molar-refractivity contribution in [3.05, 3.63) is 35.9 Å². The van der Waals surface area contributed by atoms with Crippen LogP contribution >= 0.6 is 0 Å². The van der Waals surface area contributed by atoms with E-state index in [2.05, 4.69) is 22.3 Å². The van der Waals surface area contributed by atoms with Crippen molar-refractivity contribution in [1.29, 1.82) is 0 Å². The first-order chi connectivity index (χ1) is 8.15. The van der Waals surface area contributed by atoms with E-state index in [0.29, 0.717) is 6.61 Å². The first kappa shape index (κ1) is 11.5. The van der Waals surface area contributed by atoms with Crippen molar-refractivity contribution in [3.8, 4) is 0 Å². The standard InChI is InChI=1S/C13H16N2O2/c1-15(2)12-7-4-10(5-8-12)3-6-11-9-17-13(16)14-11/h3-8,11H,9H2,1-2H3,(H,14,16)/b6-3+/t11-/m0/s1. The Bertz CT molecular complexity index is 424. The number of cyclic esters (lactones) is 1. The molecule has 90 valence electrons. The van der Waals surface area contributed by atoms with Gasteiger partial charge in [-0.25, -0.2) is 4.79 Å². The molecule has 1 aromatic rings. The normalized spacial score (nSPS) is 19.2. The topological polar surface area (TPSA) is 41.6 Å². The minimum absolute atomic E-state index is 0.0176. The van der Waals surface area contributed by atoms with Crippen LogP contribution in [0.5, 0.6) is 0 Å². The van der Waals surface area contributed by atoms with E-state index in [0.717, 1.165) is 5.56 Å². The molecular weight excluding hydrogens is 216 g/mol. The summed E-state index contributed by atoms with van der Waals surface area (Å²) < 4.78 is 4.80. The minimum Gasteiger partial charge on any atom is -0.447 e. The van der Waals surface area contributed by atoms with E-state index in [1.54, 1.807) is 0 Å².